The summed E-state index contributed by atoms with van der Waals surface area (Å²) in [5.74, 6) is 0.588. The fourth-order valence-electron chi connectivity index (χ4n) is 2.83. The maximum Gasteiger partial charge on any atom is 0.259 e. The predicted octanol–water partition coefficient (Wildman–Crippen LogP) is 3.89. The first-order valence-electron chi connectivity index (χ1n) is 9.07. The number of benzene rings is 3. The number of hydrogen-bond donors (Lipinski definition) is 2. The average Bonchev–Trinajstić information content (AvgIpc) is 2.78. The Balaban J connectivity index is 1.72. The summed E-state index contributed by atoms with van der Waals surface area (Å²) in [4.78, 5) is 25.4. The van der Waals surface area contributed by atoms with E-state index >= 15 is 0 Å². The van der Waals surface area contributed by atoms with Crippen LogP contribution < -0.4 is 20.1 Å². The first-order valence-corrected chi connectivity index (χ1v) is 9.07. The molecule has 0 aromatic heterocycles. The van der Waals surface area contributed by atoms with E-state index in [0.717, 1.165) is 11.3 Å². The molecule has 0 bridgehead atoms. The summed E-state index contributed by atoms with van der Waals surface area (Å²) in [6, 6.07) is 21.2. The summed E-state index contributed by atoms with van der Waals surface area (Å²) >= 11 is 0. The van der Waals surface area contributed by atoms with E-state index in [-0.39, 0.29) is 11.8 Å². The zero-order valence-corrected chi connectivity index (χ0v) is 16.3. The van der Waals surface area contributed by atoms with Crippen molar-refractivity contribution >= 4 is 17.5 Å². The molecule has 0 fully saturated rings. The summed E-state index contributed by atoms with van der Waals surface area (Å²) in [5.41, 5.74) is 2.14. The molecule has 0 aliphatic rings. The van der Waals surface area contributed by atoms with E-state index in [0.29, 0.717) is 29.1 Å². The van der Waals surface area contributed by atoms with E-state index < -0.39 is 0 Å². The Bertz CT molecular complexity index is 1000. The topological polar surface area (TPSA) is 76.7 Å². The Morgan fingerprint density at radius 3 is 2.10 bits per heavy atom. The van der Waals surface area contributed by atoms with Crippen LogP contribution in [0.5, 0.6) is 11.5 Å². The first-order chi connectivity index (χ1) is 14.1. The van der Waals surface area contributed by atoms with Crippen molar-refractivity contribution in [3.8, 4) is 11.5 Å². The summed E-state index contributed by atoms with van der Waals surface area (Å²) in [7, 11) is 3.11. The molecule has 0 spiro atoms. The van der Waals surface area contributed by atoms with Crippen LogP contribution in [-0.2, 0) is 6.54 Å². The third kappa shape index (κ3) is 4.93. The van der Waals surface area contributed by atoms with Gasteiger partial charge in [0.05, 0.1) is 31.0 Å². The first kappa shape index (κ1) is 19.9. The molecule has 6 heteroatoms. The standard InChI is InChI=1S/C23H22N2O4/c1-28-17-13-11-16(12-14-17)15-24-22(26)18-7-3-5-9-20(18)25-23(27)19-8-4-6-10-21(19)29-2/h3-14H,15H2,1-2H3,(H,24,26)(H,25,27). The highest BCUT2D eigenvalue weighted by Gasteiger charge is 2.16. The van der Waals surface area contributed by atoms with Gasteiger partial charge in [-0.1, -0.05) is 36.4 Å². The second kappa shape index (κ2) is 9.41. The Morgan fingerprint density at radius 1 is 0.759 bits per heavy atom. The second-order valence-corrected chi connectivity index (χ2v) is 6.23. The quantitative estimate of drug-likeness (QED) is 0.642. The van der Waals surface area contributed by atoms with E-state index in [1.165, 1.54) is 7.11 Å². The molecule has 0 saturated heterocycles. The summed E-state index contributed by atoms with van der Waals surface area (Å²) in [6.07, 6.45) is 0. The summed E-state index contributed by atoms with van der Waals surface area (Å²) in [6.45, 7) is 0.359. The normalized spacial score (nSPS) is 10.1. The smallest absolute Gasteiger partial charge is 0.259 e. The van der Waals surface area contributed by atoms with Crippen molar-refractivity contribution in [1.82, 2.24) is 5.32 Å². The number of anilines is 1. The Hall–Kier alpha value is -3.80. The summed E-state index contributed by atoms with van der Waals surface area (Å²) < 4.78 is 10.4. The minimum Gasteiger partial charge on any atom is -0.497 e. The van der Waals surface area contributed by atoms with Crippen LogP contribution in [-0.4, -0.2) is 26.0 Å². The molecular formula is C23H22N2O4. The van der Waals surface area contributed by atoms with Crippen molar-refractivity contribution < 1.29 is 19.1 Å². The molecule has 2 N–H and O–H groups in total. The number of ether oxygens (including phenoxy) is 2. The minimum absolute atomic E-state index is 0.281. The van der Waals surface area contributed by atoms with Gasteiger partial charge in [-0.3, -0.25) is 9.59 Å². The minimum atomic E-state index is -0.349. The second-order valence-electron chi connectivity index (χ2n) is 6.23. The van der Waals surface area contributed by atoms with Crippen LogP contribution in [0.3, 0.4) is 0 Å². The van der Waals surface area contributed by atoms with Crippen molar-refractivity contribution in [2.45, 2.75) is 6.54 Å². The Morgan fingerprint density at radius 2 is 1.41 bits per heavy atom. The molecule has 3 aromatic carbocycles. The predicted molar refractivity (Wildman–Crippen MR) is 112 cm³/mol. The van der Waals surface area contributed by atoms with Gasteiger partial charge in [0.25, 0.3) is 11.8 Å². The molecule has 0 heterocycles. The zero-order valence-electron chi connectivity index (χ0n) is 16.3. The van der Waals surface area contributed by atoms with Gasteiger partial charge in [-0.2, -0.15) is 0 Å². The van der Waals surface area contributed by atoms with Gasteiger partial charge < -0.3 is 20.1 Å². The number of methoxy groups -OCH3 is 2. The number of hydrogen-bond acceptors (Lipinski definition) is 4. The lowest BCUT2D eigenvalue weighted by atomic mass is 10.1. The van der Waals surface area contributed by atoms with Gasteiger partial charge >= 0.3 is 0 Å². The lowest BCUT2D eigenvalue weighted by Gasteiger charge is -2.13. The van der Waals surface area contributed by atoms with Gasteiger partial charge in [0.2, 0.25) is 0 Å². The highest BCUT2D eigenvalue weighted by molar-refractivity contribution is 6.10. The van der Waals surface area contributed by atoms with Gasteiger partial charge in [0.1, 0.15) is 11.5 Å². The van der Waals surface area contributed by atoms with E-state index in [1.54, 1.807) is 55.6 Å². The molecule has 0 atom stereocenters. The number of nitrogens with one attached hydrogen (secondary N) is 2. The summed E-state index contributed by atoms with van der Waals surface area (Å²) in [5, 5.41) is 5.67. The van der Waals surface area contributed by atoms with E-state index in [2.05, 4.69) is 10.6 Å². The van der Waals surface area contributed by atoms with Crippen LogP contribution in [0.15, 0.2) is 72.8 Å². The highest BCUT2D eigenvalue weighted by Crippen LogP contribution is 2.21. The zero-order chi connectivity index (χ0) is 20.6. The molecule has 0 unspecified atom stereocenters. The lowest BCUT2D eigenvalue weighted by Crippen LogP contribution is -2.25. The number of para-hydroxylation sites is 2. The molecule has 148 valence electrons. The van der Waals surface area contributed by atoms with E-state index in [9.17, 15) is 9.59 Å². The van der Waals surface area contributed by atoms with Crippen LogP contribution in [0.25, 0.3) is 0 Å². The van der Waals surface area contributed by atoms with E-state index in [4.69, 9.17) is 9.47 Å². The molecule has 0 aliphatic heterocycles. The maximum atomic E-state index is 12.7. The number of carbonyl (C=O) groups excluding carboxylic acids is 2. The largest absolute Gasteiger partial charge is 0.497 e. The Labute approximate surface area is 169 Å². The number of carbonyl (C=O) groups is 2. The molecule has 2 amide bonds. The fourth-order valence-corrected chi connectivity index (χ4v) is 2.83. The van der Waals surface area contributed by atoms with Gasteiger partial charge in [0, 0.05) is 6.54 Å². The third-order valence-electron chi connectivity index (χ3n) is 4.38. The molecule has 3 aromatic rings. The van der Waals surface area contributed by atoms with Crippen molar-refractivity contribution in [2.75, 3.05) is 19.5 Å². The fraction of sp³-hybridized carbons (Fsp3) is 0.130. The molecule has 0 radical (unpaired) electrons. The number of amides is 2. The van der Waals surface area contributed by atoms with Crippen molar-refractivity contribution in [2.24, 2.45) is 0 Å². The number of rotatable bonds is 7. The van der Waals surface area contributed by atoms with E-state index in [1.807, 2.05) is 24.3 Å². The maximum absolute atomic E-state index is 12.7. The van der Waals surface area contributed by atoms with Crippen molar-refractivity contribution in [3.05, 3.63) is 89.5 Å². The van der Waals surface area contributed by atoms with Crippen LogP contribution in [0.1, 0.15) is 26.3 Å². The highest BCUT2D eigenvalue weighted by atomic mass is 16.5. The molecule has 6 nitrogen and oxygen atoms in total. The lowest BCUT2D eigenvalue weighted by molar-refractivity contribution is 0.0952. The van der Waals surface area contributed by atoms with Gasteiger partial charge in [0.15, 0.2) is 0 Å². The van der Waals surface area contributed by atoms with Gasteiger partial charge in [-0.15, -0.1) is 0 Å². The van der Waals surface area contributed by atoms with Crippen LogP contribution in [0.4, 0.5) is 5.69 Å². The molecule has 0 saturated carbocycles. The Kier molecular flexibility index (Phi) is 6.47. The van der Waals surface area contributed by atoms with Crippen LogP contribution in [0, 0.1) is 0 Å². The molecule has 29 heavy (non-hydrogen) atoms. The average molecular weight is 390 g/mol. The van der Waals surface area contributed by atoms with Crippen LogP contribution in [0.2, 0.25) is 0 Å². The van der Waals surface area contributed by atoms with Gasteiger partial charge in [-0.05, 0) is 42.0 Å². The van der Waals surface area contributed by atoms with Crippen molar-refractivity contribution in [1.29, 1.82) is 0 Å². The SMILES string of the molecule is COc1ccc(CNC(=O)c2ccccc2NC(=O)c2ccccc2OC)cc1. The van der Waals surface area contributed by atoms with Gasteiger partial charge in [-0.25, -0.2) is 0 Å². The van der Waals surface area contributed by atoms with Crippen molar-refractivity contribution in [3.63, 3.8) is 0 Å². The van der Waals surface area contributed by atoms with Crippen LogP contribution >= 0.6 is 0 Å². The monoisotopic (exact) mass is 390 g/mol. The molecular weight excluding hydrogens is 368 g/mol. The molecule has 3 rings (SSSR count). The third-order valence-corrected chi connectivity index (χ3v) is 4.38. The molecule has 0 aliphatic carbocycles.